The van der Waals surface area contributed by atoms with Gasteiger partial charge < -0.3 is 4.74 Å². The Kier molecular flexibility index (Phi) is 4.27. The van der Waals surface area contributed by atoms with Crippen molar-refractivity contribution in [1.29, 1.82) is 0 Å². The van der Waals surface area contributed by atoms with Gasteiger partial charge >= 0.3 is 0 Å². The monoisotopic (exact) mass is 326 g/mol. The third-order valence-corrected chi connectivity index (χ3v) is 2.92. The largest absolute Gasteiger partial charge is 0.483 e. The normalized spacial score (nSPS) is 10.3. The van der Waals surface area contributed by atoms with E-state index in [0.29, 0.717) is 6.29 Å². The molecule has 0 amide bonds. The van der Waals surface area contributed by atoms with Crippen molar-refractivity contribution in [2.45, 2.75) is 6.61 Å². The summed E-state index contributed by atoms with van der Waals surface area (Å²) in [6.45, 7) is 0.0354. The summed E-state index contributed by atoms with van der Waals surface area (Å²) in [5.74, 6) is -2.26. The Morgan fingerprint density at radius 2 is 1.84 bits per heavy atom. The molecule has 0 unspecified atom stereocenters. The summed E-state index contributed by atoms with van der Waals surface area (Å²) in [6, 6.07) is 9.07. The fourth-order valence-electron chi connectivity index (χ4n) is 1.57. The number of rotatable bonds is 4. The second kappa shape index (κ2) is 5.93. The maximum absolute atomic E-state index is 13.5. The van der Waals surface area contributed by atoms with Gasteiger partial charge in [-0.25, -0.2) is 8.78 Å². The van der Waals surface area contributed by atoms with E-state index >= 15 is 0 Å². The van der Waals surface area contributed by atoms with Crippen LogP contribution in [0, 0.1) is 11.6 Å². The molecule has 98 valence electrons. The number of carbonyl (C=O) groups excluding carboxylic acids is 1. The van der Waals surface area contributed by atoms with Crippen molar-refractivity contribution in [2.75, 3.05) is 0 Å². The lowest BCUT2D eigenvalue weighted by atomic mass is 10.2. The topological polar surface area (TPSA) is 26.3 Å². The third kappa shape index (κ3) is 3.38. The fourth-order valence-corrected chi connectivity index (χ4v) is 2.01. The van der Waals surface area contributed by atoms with E-state index in [1.54, 1.807) is 18.2 Å². The zero-order valence-electron chi connectivity index (χ0n) is 9.70. The Balaban J connectivity index is 2.18. The highest BCUT2D eigenvalue weighted by Crippen LogP contribution is 2.24. The zero-order chi connectivity index (χ0) is 13.8. The molecule has 2 rings (SSSR count). The van der Waals surface area contributed by atoms with E-state index < -0.39 is 17.4 Å². The van der Waals surface area contributed by atoms with Gasteiger partial charge in [-0.2, -0.15) is 0 Å². The van der Waals surface area contributed by atoms with Crippen molar-refractivity contribution < 1.29 is 18.3 Å². The van der Waals surface area contributed by atoms with Crippen LogP contribution in [0.5, 0.6) is 5.75 Å². The zero-order valence-corrected chi connectivity index (χ0v) is 11.3. The first-order chi connectivity index (χ1) is 9.10. The number of carbonyl (C=O) groups is 1. The van der Waals surface area contributed by atoms with E-state index in [9.17, 15) is 13.6 Å². The molecule has 0 radical (unpaired) electrons. The maximum Gasteiger partial charge on any atom is 0.191 e. The molecule has 19 heavy (non-hydrogen) atoms. The summed E-state index contributed by atoms with van der Waals surface area (Å²) < 4.78 is 33.1. The molecule has 0 aromatic heterocycles. The van der Waals surface area contributed by atoms with E-state index in [1.165, 1.54) is 0 Å². The van der Waals surface area contributed by atoms with Crippen LogP contribution in [0.2, 0.25) is 0 Å². The molecule has 0 heterocycles. The minimum absolute atomic E-state index is 0.0354. The van der Waals surface area contributed by atoms with Crippen LogP contribution in [0.1, 0.15) is 15.9 Å². The van der Waals surface area contributed by atoms with Crippen LogP contribution in [0.4, 0.5) is 8.78 Å². The maximum atomic E-state index is 13.5. The predicted octanol–water partition coefficient (Wildman–Crippen LogP) is 4.12. The molecule has 2 aromatic carbocycles. The highest BCUT2D eigenvalue weighted by atomic mass is 79.9. The molecule has 2 aromatic rings. The Hall–Kier alpha value is -1.75. The predicted molar refractivity (Wildman–Crippen MR) is 70.2 cm³/mol. The number of hydrogen-bond acceptors (Lipinski definition) is 2. The number of benzene rings is 2. The van der Waals surface area contributed by atoms with E-state index in [2.05, 4.69) is 15.9 Å². The first-order valence-corrected chi connectivity index (χ1v) is 6.21. The smallest absolute Gasteiger partial charge is 0.191 e. The minimum atomic E-state index is -0.892. The summed E-state index contributed by atoms with van der Waals surface area (Å²) in [4.78, 5) is 10.5. The average molecular weight is 327 g/mol. The van der Waals surface area contributed by atoms with Gasteiger partial charge in [0.15, 0.2) is 17.4 Å². The summed E-state index contributed by atoms with van der Waals surface area (Å²) in [7, 11) is 0. The minimum Gasteiger partial charge on any atom is -0.483 e. The molecule has 0 saturated carbocycles. The summed E-state index contributed by atoms with van der Waals surface area (Å²) in [6.07, 6.45) is 0.379. The molecule has 0 aliphatic carbocycles. The number of hydrogen-bond donors (Lipinski definition) is 0. The van der Waals surface area contributed by atoms with Crippen molar-refractivity contribution in [3.8, 4) is 5.75 Å². The highest BCUT2D eigenvalue weighted by Gasteiger charge is 2.12. The molecule has 0 saturated heterocycles. The van der Waals surface area contributed by atoms with Crippen molar-refractivity contribution in [3.63, 3.8) is 0 Å². The molecular formula is C14H9BrF2O2. The van der Waals surface area contributed by atoms with Gasteiger partial charge in [0.25, 0.3) is 0 Å². The number of aldehydes is 1. The van der Waals surface area contributed by atoms with Gasteiger partial charge in [-0.15, -0.1) is 0 Å². The second-order valence-corrected chi connectivity index (χ2v) is 4.77. The summed E-state index contributed by atoms with van der Waals surface area (Å²) in [5.41, 5.74) is 0.706. The molecule has 5 heteroatoms. The van der Waals surface area contributed by atoms with E-state index in [0.717, 1.165) is 22.2 Å². The SMILES string of the molecule is O=Cc1cc(F)c(OCc2cccc(Br)c2)c(F)c1. The van der Waals surface area contributed by atoms with E-state index in [-0.39, 0.29) is 12.2 Å². The van der Waals surface area contributed by atoms with Crippen LogP contribution >= 0.6 is 15.9 Å². The molecule has 0 aliphatic heterocycles. The molecular weight excluding hydrogens is 318 g/mol. The van der Waals surface area contributed by atoms with Crippen molar-refractivity contribution in [1.82, 2.24) is 0 Å². The van der Waals surface area contributed by atoms with Crippen LogP contribution in [0.25, 0.3) is 0 Å². The first-order valence-electron chi connectivity index (χ1n) is 5.41. The average Bonchev–Trinajstić information content (AvgIpc) is 2.37. The van der Waals surface area contributed by atoms with Gasteiger partial charge in [0, 0.05) is 10.0 Å². The summed E-state index contributed by atoms with van der Waals surface area (Å²) in [5, 5.41) is 0. The lowest BCUT2D eigenvalue weighted by molar-refractivity contribution is 0.112. The molecule has 0 spiro atoms. The van der Waals surface area contributed by atoms with Crippen LogP contribution in [0.15, 0.2) is 40.9 Å². The molecule has 2 nitrogen and oxygen atoms in total. The Bertz CT molecular complexity index is 591. The molecule has 0 bridgehead atoms. The standard InChI is InChI=1S/C14H9BrF2O2/c15-11-3-1-2-9(4-11)8-19-14-12(16)5-10(7-18)6-13(14)17/h1-7H,8H2. The molecule has 0 atom stereocenters. The van der Waals surface area contributed by atoms with Gasteiger partial charge in [-0.05, 0) is 29.8 Å². The van der Waals surface area contributed by atoms with Gasteiger partial charge in [-0.3, -0.25) is 4.79 Å². The summed E-state index contributed by atoms with van der Waals surface area (Å²) >= 11 is 3.29. The molecule has 0 N–H and O–H groups in total. The van der Waals surface area contributed by atoms with Crippen LogP contribution in [0.3, 0.4) is 0 Å². The van der Waals surface area contributed by atoms with E-state index in [4.69, 9.17) is 4.74 Å². The Labute approximate surface area is 117 Å². The quantitative estimate of drug-likeness (QED) is 0.790. The lowest BCUT2D eigenvalue weighted by Gasteiger charge is -2.09. The second-order valence-electron chi connectivity index (χ2n) is 3.85. The van der Waals surface area contributed by atoms with Gasteiger partial charge in [0.2, 0.25) is 0 Å². The third-order valence-electron chi connectivity index (χ3n) is 2.43. The highest BCUT2D eigenvalue weighted by molar-refractivity contribution is 9.10. The van der Waals surface area contributed by atoms with Gasteiger partial charge in [-0.1, -0.05) is 28.1 Å². The Morgan fingerprint density at radius 1 is 1.16 bits per heavy atom. The van der Waals surface area contributed by atoms with Gasteiger partial charge in [0.05, 0.1) is 0 Å². The number of ether oxygens (including phenoxy) is 1. The van der Waals surface area contributed by atoms with Crippen molar-refractivity contribution in [2.24, 2.45) is 0 Å². The van der Waals surface area contributed by atoms with Gasteiger partial charge in [0.1, 0.15) is 12.9 Å². The molecule has 0 fully saturated rings. The molecule has 0 aliphatic rings. The van der Waals surface area contributed by atoms with Crippen LogP contribution in [-0.4, -0.2) is 6.29 Å². The first kappa shape index (κ1) is 13.7. The van der Waals surface area contributed by atoms with Crippen molar-refractivity contribution >= 4 is 22.2 Å². The Morgan fingerprint density at radius 3 is 2.42 bits per heavy atom. The van der Waals surface area contributed by atoms with Crippen molar-refractivity contribution in [3.05, 3.63) is 63.6 Å². The lowest BCUT2D eigenvalue weighted by Crippen LogP contribution is -2.01. The van der Waals surface area contributed by atoms with E-state index in [1.807, 2.05) is 6.07 Å². The number of halogens is 3. The van der Waals surface area contributed by atoms with Crippen LogP contribution < -0.4 is 4.74 Å². The fraction of sp³-hybridized carbons (Fsp3) is 0.0714. The van der Waals surface area contributed by atoms with Crippen LogP contribution in [-0.2, 0) is 6.61 Å².